The third-order valence-electron chi connectivity index (χ3n) is 5.36. The first-order valence-corrected chi connectivity index (χ1v) is 11.1. The van der Waals surface area contributed by atoms with Crippen LogP contribution < -0.4 is 10.9 Å². The third-order valence-corrected chi connectivity index (χ3v) is 5.36. The summed E-state index contributed by atoms with van der Waals surface area (Å²) in [6.45, 7) is 0. The van der Waals surface area contributed by atoms with Crippen molar-refractivity contribution in [1.82, 2.24) is 20.8 Å². The average Bonchev–Trinajstić information content (AvgIpc) is 2.93. The topological polar surface area (TPSA) is 109 Å². The highest BCUT2D eigenvalue weighted by Crippen LogP contribution is 2.22. The van der Waals surface area contributed by atoms with Gasteiger partial charge in [0, 0.05) is 21.9 Å². The Bertz CT molecular complexity index is 1490. The maximum Gasteiger partial charge on any atom is 0.271 e. The van der Waals surface area contributed by atoms with Crippen LogP contribution in [0.3, 0.4) is 0 Å². The highest BCUT2D eigenvalue weighted by Gasteiger charge is 2.07. The van der Waals surface area contributed by atoms with Crippen molar-refractivity contribution in [2.45, 2.75) is 0 Å². The fraction of sp³-hybridized carbons (Fsp3) is 0. The molecule has 8 nitrogen and oxygen atoms in total. The van der Waals surface area contributed by atoms with Gasteiger partial charge in [0.05, 0.1) is 34.9 Å². The van der Waals surface area contributed by atoms with Crippen LogP contribution >= 0.6 is 0 Å². The molecule has 36 heavy (non-hydrogen) atoms. The van der Waals surface area contributed by atoms with Gasteiger partial charge in [-0.15, -0.1) is 0 Å². The van der Waals surface area contributed by atoms with Crippen LogP contribution in [0, 0.1) is 0 Å². The molecule has 0 saturated heterocycles. The lowest BCUT2D eigenvalue weighted by molar-refractivity contribution is 0.0947. The van der Waals surface area contributed by atoms with Crippen LogP contribution in [0.2, 0.25) is 0 Å². The van der Waals surface area contributed by atoms with Gasteiger partial charge in [-0.2, -0.15) is 10.2 Å². The molecule has 0 aliphatic heterocycles. The van der Waals surface area contributed by atoms with Crippen molar-refractivity contribution in [2.75, 3.05) is 0 Å². The van der Waals surface area contributed by atoms with Gasteiger partial charge in [0.2, 0.25) is 0 Å². The van der Waals surface area contributed by atoms with Crippen LogP contribution in [0.25, 0.3) is 21.8 Å². The molecule has 2 N–H and O–H groups in total. The molecule has 174 valence electrons. The van der Waals surface area contributed by atoms with E-state index in [9.17, 15) is 9.59 Å². The molecule has 0 aliphatic carbocycles. The standard InChI is InChI=1S/C28H20N6O2/c35-27(21-7-3-1-4-8-21)33-29-17-23-15-13-19-11-12-20-14-16-24(32-26(20)25(19)31-23)18-30-34-28(36)22-9-5-2-6-10-22/h1-18H,(H,33,35)(H,34,36). The summed E-state index contributed by atoms with van der Waals surface area (Å²) >= 11 is 0. The molecule has 0 saturated carbocycles. The molecule has 0 aliphatic rings. The molecule has 2 aromatic heterocycles. The molecule has 5 aromatic rings. The highest BCUT2D eigenvalue weighted by molar-refractivity contribution is 6.04. The number of pyridine rings is 2. The summed E-state index contributed by atoms with van der Waals surface area (Å²) in [5.41, 5.74) is 8.57. The monoisotopic (exact) mass is 472 g/mol. The summed E-state index contributed by atoms with van der Waals surface area (Å²) in [7, 11) is 0. The smallest absolute Gasteiger partial charge is 0.267 e. The molecule has 5 rings (SSSR count). The minimum atomic E-state index is -0.303. The van der Waals surface area contributed by atoms with Gasteiger partial charge < -0.3 is 0 Å². The van der Waals surface area contributed by atoms with E-state index in [0.29, 0.717) is 33.5 Å². The number of carbonyl (C=O) groups is 2. The number of rotatable bonds is 6. The van der Waals surface area contributed by atoms with Crippen LogP contribution in [0.5, 0.6) is 0 Å². The van der Waals surface area contributed by atoms with Gasteiger partial charge in [-0.3, -0.25) is 9.59 Å². The number of hydrogen-bond donors (Lipinski definition) is 2. The number of fused-ring (bicyclic) bond motifs is 3. The Morgan fingerprint density at radius 2 is 0.944 bits per heavy atom. The van der Waals surface area contributed by atoms with E-state index in [-0.39, 0.29) is 11.8 Å². The second-order valence-electron chi connectivity index (χ2n) is 7.81. The van der Waals surface area contributed by atoms with E-state index >= 15 is 0 Å². The minimum Gasteiger partial charge on any atom is -0.267 e. The Labute approximate surface area is 206 Å². The van der Waals surface area contributed by atoms with E-state index in [2.05, 4.69) is 31.0 Å². The first kappa shape index (κ1) is 22.5. The van der Waals surface area contributed by atoms with Crippen LogP contribution in [0.15, 0.2) is 107 Å². The van der Waals surface area contributed by atoms with E-state index in [4.69, 9.17) is 0 Å². The molecule has 2 heterocycles. The van der Waals surface area contributed by atoms with E-state index < -0.39 is 0 Å². The highest BCUT2D eigenvalue weighted by atomic mass is 16.2. The van der Waals surface area contributed by atoms with Gasteiger partial charge in [-0.05, 0) is 36.4 Å². The zero-order chi connectivity index (χ0) is 24.7. The average molecular weight is 473 g/mol. The summed E-state index contributed by atoms with van der Waals surface area (Å²) < 4.78 is 0. The summed E-state index contributed by atoms with van der Waals surface area (Å²) in [5.74, 6) is -0.605. The summed E-state index contributed by atoms with van der Waals surface area (Å²) in [4.78, 5) is 33.7. The van der Waals surface area contributed by atoms with Crippen molar-refractivity contribution in [3.63, 3.8) is 0 Å². The third kappa shape index (κ3) is 5.13. The summed E-state index contributed by atoms with van der Waals surface area (Å²) in [6, 6.07) is 29.1. The SMILES string of the molecule is O=C(NN=Cc1ccc2ccc3ccc(C=NNC(=O)c4ccccc4)nc3c2n1)c1ccccc1. The Morgan fingerprint density at radius 3 is 1.36 bits per heavy atom. The molecular formula is C28H20N6O2. The minimum absolute atomic E-state index is 0.303. The maximum absolute atomic E-state index is 12.2. The molecule has 0 unspecified atom stereocenters. The number of hydrogen-bond acceptors (Lipinski definition) is 6. The van der Waals surface area contributed by atoms with Gasteiger partial charge in [0.25, 0.3) is 11.8 Å². The van der Waals surface area contributed by atoms with Gasteiger partial charge in [0.1, 0.15) is 0 Å². The van der Waals surface area contributed by atoms with Gasteiger partial charge in [-0.25, -0.2) is 20.8 Å². The number of nitrogens with one attached hydrogen (secondary N) is 2. The number of aromatic nitrogens is 2. The van der Waals surface area contributed by atoms with Crippen molar-refractivity contribution >= 4 is 46.0 Å². The molecule has 2 amide bonds. The van der Waals surface area contributed by atoms with Crippen molar-refractivity contribution < 1.29 is 9.59 Å². The normalized spacial score (nSPS) is 11.3. The van der Waals surface area contributed by atoms with E-state index in [1.54, 1.807) is 48.5 Å². The van der Waals surface area contributed by atoms with E-state index in [0.717, 1.165) is 10.8 Å². The van der Waals surface area contributed by atoms with Crippen molar-refractivity contribution in [3.05, 3.63) is 120 Å². The number of hydrazone groups is 2. The van der Waals surface area contributed by atoms with Gasteiger partial charge in [-0.1, -0.05) is 60.7 Å². The Morgan fingerprint density at radius 1 is 0.556 bits per heavy atom. The molecule has 8 heteroatoms. The maximum atomic E-state index is 12.2. The molecule has 0 atom stereocenters. The lowest BCUT2D eigenvalue weighted by atomic mass is 10.1. The fourth-order valence-electron chi connectivity index (χ4n) is 3.56. The predicted molar refractivity (Wildman–Crippen MR) is 140 cm³/mol. The molecule has 3 aromatic carbocycles. The van der Waals surface area contributed by atoms with Crippen molar-refractivity contribution in [2.24, 2.45) is 10.2 Å². The second-order valence-corrected chi connectivity index (χ2v) is 7.81. The van der Waals surface area contributed by atoms with Crippen molar-refractivity contribution in [3.8, 4) is 0 Å². The van der Waals surface area contributed by atoms with Crippen LogP contribution in [0.1, 0.15) is 32.1 Å². The zero-order valence-electron chi connectivity index (χ0n) is 19.0. The molecule has 0 radical (unpaired) electrons. The van der Waals surface area contributed by atoms with Gasteiger partial charge in [0.15, 0.2) is 0 Å². The molecular weight excluding hydrogens is 452 g/mol. The number of benzene rings is 3. The molecule has 0 fully saturated rings. The number of nitrogens with zero attached hydrogens (tertiary/aromatic N) is 4. The Balaban J connectivity index is 1.36. The van der Waals surface area contributed by atoms with Crippen LogP contribution in [0.4, 0.5) is 0 Å². The lowest BCUT2D eigenvalue weighted by Gasteiger charge is -2.05. The largest absolute Gasteiger partial charge is 0.271 e. The predicted octanol–water partition coefficient (Wildman–Crippen LogP) is 4.31. The quantitative estimate of drug-likeness (QED) is 0.218. The van der Waals surface area contributed by atoms with E-state index in [1.165, 1.54) is 12.4 Å². The number of carbonyl (C=O) groups excluding carboxylic acids is 2. The first-order valence-electron chi connectivity index (χ1n) is 11.1. The second kappa shape index (κ2) is 10.4. The summed E-state index contributed by atoms with van der Waals surface area (Å²) in [6.07, 6.45) is 2.98. The zero-order valence-corrected chi connectivity index (χ0v) is 19.0. The fourth-order valence-corrected chi connectivity index (χ4v) is 3.56. The first-order chi connectivity index (χ1) is 17.7. The van der Waals surface area contributed by atoms with Crippen LogP contribution in [-0.2, 0) is 0 Å². The van der Waals surface area contributed by atoms with E-state index in [1.807, 2.05) is 48.5 Å². The lowest BCUT2D eigenvalue weighted by Crippen LogP contribution is -2.17. The molecule has 0 bridgehead atoms. The molecule has 0 spiro atoms. The van der Waals surface area contributed by atoms with Crippen LogP contribution in [-0.4, -0.2) is 34.2 Å². The summed E-state index contributed by atoms with van der Waals surface area (Å²) in [5, 5.41) is 9.89. The number of amides is 2. The van der Waals surface area contributed by atoms with Gasteiger partial charge >= 0.3 is 0 Å². The van der Waals surface area contributed by atoms with Crippen molar-refractivity contribution in [1.29, 1.82) is 0 Å². The Kier molecular flexibility index (Phi) is 6.48. The Hall–Kier alpha value is -5.24.